The molecule has 0 aliphatic heterocycles. The van der Waals surface area contributed by atoms with E-state index in [-0.39, 0.29) is 5.95 Å². The van der Waals surface area contributed by atoms with Crippen LogP contribution in [-0.2, 0) is 6.42 Å². The van der Waals surface area contributed by atoms with Gasteiger partial charge in [-0.25, -0.2) is 4.79 Å². The summed E-state index contributed by atoms with van der Waals surface area (Å²) in [6.45, 7) is 0. The van der Waals surface area contributed by atoms with Crippen LogP contribution in [0.25, 0.3) is 0 Å². The molecule has 3 N–H and O–H groups in total. The topological polar surface area (TPSA) is 84.7 Å². The first-order chi connectivity index (χ1) is 7.63. The first-order valence-corrected chi connectivity index (χ1v) is 4.98. The van der Waals surface area contributed by atoms with Gasteiger partial charge in [0, 0.05) is 11.4 Å². The Balaban J connectivity index is 2.26. The Morgan fingerprint density at radius 2 is 1.94 bits per heavy atom. The maximum absolute atomic E-state index is 11.0. The van der Waals surface area contributed by atoms with Crippen LogP contribution in [0.1, 0.15) is 11.4 Å². The average Bonchev–Trinajstić information content (AvgIpc) is 2.20. The van der Waals surface area contributed by atoms with Crippen molar-refractivity contribution in [3.8, 4) is 0 Å². The fourth-order valence-corrected chi connectivity index (χ4v) is 1.45. The third kappa shape index (κ3) is 2.58. The Kier molecular flexibility index (Phi) is 2.87. The molecule has 1 aromatic carbocycles. The number of halogens is 1. The summed E-state index contributed by atoms with van der Waals surface area (Å²) in [4.78, 5) is 20.9. The Morgan fingerprint density at radius 3 is 2.56 bits per heavy atom. The molecule has 0 spiro atoms. The van der Waals surface area contributed by atoms with Crippen LogP contribution in [0.4, 0.5) is 5.95 Å². The first kappa shape index (κ1) is 10.6. The highest BCUT2D eigenvalue weighted by molar-refractivity contribution is 6.30. The third-order valence-corrected chi connectivity index (χ3v) is 2.25. The van der Waals surface area contributed by atoms with Crippen LogP contribution in [0.5, 0.6) is 0 Å². The number of nitrogens with zero attached hydrogens (tertiary/aromatic N) is 2. The molecule has 0 bridgehead atoms. The van der Waals surface area contributed by atoms with Crippen LogP contribution in [0, 0.1) is 0 Å². The predicted molar refractivity (Wildman–Crippen MR) is 61.3 cm³/mol. The Labute approximate surface area is 96.3 Å². The minimum atomic E-state index is -0.489. The summed E-state index contributed by atoms with van der Waals surface area (Å²) in [6, 6.07) is 7.27. The summed E-state index contributed by atoms with van der Waals surface area (Å²) in [5.41, 5.74) is 5.87. The predicted octanol–water partition coefficient (Wildman–Crippen LogP) is 0.991. The second kappa shape index (κ2) is 4.32. The molecule has 2 aromatic rings. The molecule has 0 atom stereocenters. The molecule has 6 heteroatoms. The van der Waals surface area contributed by atoms with Crippen LogP contribution < -0.4 is 11.4 Å². The lowest BCUT2D eigenvalue weighted by Crippen LogP contribution is -2.17. The highest BCUT2D eigenvalue weighted by Crippen LogP contribution is 2.11. The van der Waals surface area contributed by atoms with E-state index in [2.05, 4.69) is 15.0 Å². The maximum atomic E-state index is 11.0. The lowest BCUT2D eigenvalue weighted by atomic mass is 10.1. The molecule has 0 radical (unpaired) electrons. The number of rotatable bonds is 2. The number of hydrogen-bond acceptors (Lipinski definition) is 4. The fourth-order valence-electron chi connectivity index (χ4n) is 1.33. The Bertz CT molecular complexity index is 549. The highest BCUT2D eigenvalue weighted by Gasteiger charge is 2.01. The SMILES string of the molecule is Nc1nc(Cc2ccc(Cl)cc2)[nH]c(=O)n1. The number of nitrogens with two attached hydrogens (primary N) is 1. The van der Waals surface area contributed by atoms with Crippen molar-refractivity contribution in [2.24, 2.45) is 0 Å². The molecule has 16 heavy (non-hydrogen) atoms. The van der Waals surface area contributed by atoms with Gasteiger partial charge >= 0.3 is 5.69 Å². The summed E-state index contributed by atoms with van der Waals surface area (Å²) in [5.74, 6) is 0.465. The van der Waals surface area contributed by atoms with Gasteiger partial charge in [0.1, 0.15) is 5.82 Å². The molecule has 1 aromatic heterocycles. The van der Waals surface area contributed by atoms with Gasteiger partial charge in [0.2, 0.25) is 5.95 Å². The smallest absolute Gasteiger partial charge is 0.349 e. The third-order valence-electron chi connectivity index (χ3n) is 2.00. The van der Waals surface area contributed by atoms with E-state index in [0.717, 1.165) is 5.56 Å². The van der Waals surface area contributed by atoms with Crippen molar-refractivity contribution in [3.63, 3.8) is 0 Å². The van der Waals surface area contributed by atoms with Gasteiger partial charge in [-0.3, -0.25) is 4.98 Å². The van der Waals surface area contributed by atoms with Crippen molar-refractivity contribution in [1.82, 2.24) is 15.0 Å². The summed E-state index contributed by atoms with van der Waals surface area (Å²) in [5, 5.41) is 0.666. The lowest BCUT2D eigenvalue weighted by Gasteiger charge is -2.01. The molecular formula is C10H9ClN4O. The molecule has 5 nitrogen and oxygen atoms in total. The van der Waals surface area contributed by atoms with E-state index in [1.807, 2.05) is 12.1 Å². The molecule has 1 heterocycles. The van der Waals surface area contributed by atoms with Crippen molar-refractivity contribution in [2.45, 2.75) is 6.42 Å². The van der Waals surface area contributed by atoms with Crippen molar-refractivity contribution in [2.75, 3.05) is 5.73 Å². The quantitative estimate of drug-likeness (QED) is 0.814. The number of nitrogens with one attached hydrogen (secondary N) is 1. The Morgan fingerprint density at radius 1 is 1.25 bits per heavy atom. The van der Waals surface area contributed by atoms with Crippen molar-refractivity contribution in [1.29, 1.82) is 0 Å². The molecule has 82 valence electrons. The molecule has 0 saturated carbocycles. The number of benzene rings is 1. The lowest BCUT2D eigenvalue weighted by molar-refractivity contribution is 0.894. The largest absolute Gasteiger partial charge is 0.368 e. The summed E-state index contributed by atoms with van der Waals surface area (Å²) in [7, 11) is 0. The number of aromatic nitrogens is 3. The second-order valence-electron chi connectivity index (χ2n) is 3.26. The van der Waals surface area contributed by atoms with Gasteiger partial charge in [-0.05, 0) is 17.7 Å². The van der Waals surface area contributed by atoms with Crippen LogP contribution in [0.15, 0.2) is 29.1 Å². The molecule has 2 rings (SSSR count). The number of hydrogen-bond donors (Lipinski definition) is 2. The van der Waals surface area contributed by atoms with E-state index < -0.39 is 5.69 Å². The van der Waals surface area contributed by atoms with Gasteiger partial charge in [0.25, 0.3) is 0 Å². The molecule has 0 fully saturated rings. The van der Waals surface area contributed by atoms with Crippen LogP contribution in [0.2, 0.25) is 5.02 Å². The van der Waals surface area contributed by atoms with Crippen LogP contribution in [-0.4, -0.2) is 15.0 Å². The summed E-state index contributed by atoms with van der Waals surface area (Å²) in [6.07, 6.45) is 0.485. The molecule has 0 saturated heterocycles. The van der Waals surface area contributed by atoms with Crippen LogP contribution >= 0.6 is 11.6 Å². The minimum Gasteiger partial charge on any atom is -0.368 e. The average molecular weight is 237 g/mol. The molecular weight excluding hydrogens is 228 g/mol. The van der Waals surface area contributed by atoms with Gasteiger partial charge in [0.05, 0.1) is 0 Å². The van der Waals surface area contributed by atoms with Crippen molar-refractivity contribution >= 4 is 17.5 Å². The molecule has 0 unspecified atom stereocenters. The van der Waals surface area contributed by atoms with Gasteiger partial charge in [-0.1, -0.05) is 23.7 Å². The molecule has 0 amide bonds. The zero-order valence-electron chi connectivity index (χ0n) is 8.27. The molecule has 0 aliphatic carbocycles. The standard InChI is InChI=1S/C10H9ClN4O/c11-7-3-1-6(2-4-7)5-8-13-9(12)15-10(16)14-8/h1-4H,5H2,(H3,12,13,14,15,16). The summed E-state index contributed by atoms with van der Waals surface area (Å²) < 4.78 is 0. The zero-order chi connectivity index (χ0) is 11.5. The molecule has 0 aliphatic rings. The van der Waals surface area contributed by atoms with E-state index in [1.54, 1.807) is 12.1 Å². The van der Waals surface area contributed by atoms with Crippen molar-refractivity contribution < 1.29 is 0 Å². The minimum absolute atomic E-state index is 0.0206. The second-order valence-corrected chi connectivity index (χ2v) is 3.70. The van der Waals surface area contributed by atoms with Crippen molar-refractivity contribution in [3.05, 3.63) is 51.2 Å². The van der Waals surface area contributed by atoms with Gasteiger partial charge in [-0.15, -0.1) is 0 Å². The monoisotopic (exact) mass is 236 g/mol. The van der Waals surface area contributed by atoms with E-state index in [1.165, 1.54) is 0 Å². The summed E-state index contributed by atoms with van der Waals surface area (Å²) >= 11 is 5.76. The number of H-pyrrole nitrogens is 1. The zero-order valence-corrected chi connectivity index (χ0v) is 9.03. The number of anilines is 1. The van der Waals surface area contributed by atoms with E-state index in [0.29, 0.717) is 17.3 Å². The van der Waals surface area contributed by atoms with Gasteiger partial charge in [0.15, 0.2) is 0 Å². The normalized spacial score (nSPS) is 10.3. The van der Waals surface area contributed by atoms with E-state index >= 15 is 0 Å². The van der Waals surface area contributed by atoms with E-state index in [4.69, 9.17) is 17.3 Å². The fraction of sp³-hybridized carbons (Fsp3) is 0.100. The van der Waals surface area contributed by atoms with E-state index in [9.17, 15) is 4.79 Å². The van der Waals surface area contributed by atoms with Crippen LogP contribution in [0.3, 0.4) is 0 Å². The number of nitrogen functional groups attached to an aromatic ring is 1. The first-order valence-electron chi connectivity index (χ1n) is 4.60. The number of aromatic amines is 1. The Hall–Kier alpha value is -1.88. The maximum Gasteiger partial charge on any atom is 0.349 e. The highest BCUT2D eigenvalue weighted by atomic mass is 35.5. The van der Waals surface area contributed by atoms with Gasteiger partial charge in [-0.2, -0.15) is 9.97 Å². The van der Waals surface area contributed by atoms with Gasteiger partial charge < -0.3 is 5.73 Å².